The van der Waals surface area contributed by atoms with Crippen molar-refractivity contribution >= 4 is 12.4 Å². The van der Waals surface area contributed by atoms with Gasteiger partial charge in [-0.1, -0.05) is 19.0 Å². The molecule has 1 aromatic rings. The standard InChI is InChI=1S/C15H23N3O3.CH2O2/c1-10(2)14-4-13(16-21-14)15(19)18-6-11-5-17(3)12(7-18)9-20-8-11;2-1-3/h4,10-12H,5-9H2,1-3H3;1H,(H,2,3)/t11-,12+;/m1./s1. The predicted octanol–water partition coefficient (Wildman–Crippen LogP) is 0.901. The lowest BCUT2D eigenvalue weighted by molar-refractivity contribution is -0.122. The smallest absolute Gasteiger partial charge is 0.290 e. The molecule has 2 saturated heterocycles. The lowest BCUT2D eigenvalue weighted by Gasteiger charge is -2.29. The third kappa shape index (κ3) is 4.33. The number of rotatable bonds is 2. The van der Waals surface area contributed by atoms with Crippen molar-refractivity contribution in [1.82, 2.24) is 15.0 Å². The highest BCUT2D eigenvalue weighted by molar-refractivity contribution is 5.92. The number of likely N-dealkylation sites (N-methyl/N-ethyl adjacent to an activating group) is 1. The molecule has 0 saturated carbocycles. The van der Waals surface area contributed by atoms with Crippen LogP contribution in [-0.2, 0) is 9.53 Å². The Balaban J connectivity index is 0.000000647. The van der Waals surface area contributed by atoms with Gasteiger partial charge in [0.25, 0.3) is 12.4 Å². The lowest BCUT2D eigenvalue weighted by atomic mass is 10.1. The van der Waals surface area contributed by atoms with Crippen LogP contribution in [0.2, 0.25) is 0 Å². The summed E-state index contributed by atoms with van der Waals surface area (Å²) in [5.74, 6) is 1.33. The van der Waals surface area contributed by atoms with Gasteiger partial charge in [-0.2, -0.15) is 0 Å². The Morgan fingerprint density at radius 3 is 2.71 bits per heavy atom. The highest BCUT2D eigenvalue weighted by Gasteiger charge is 2.34. The molecule has 1 amide bonds. The molecule has 2 aliphatic heterocycles. The Labute approximate surface area is 141 Å². The Morgan fingerprint density at radius 1 is 1.38 bits per heavy atom. The minimum atomic E-state index is -0.250. The van der Waals surface area contributed by atoms with Gasteiger partial charge in [-0.25, -0.2) is 0 Å². The van der Waals surface area contributed by atoms with Crippen LogP contribution in [-0.4, -0.2) is 78.4 Å². The SMILES string of the molecule is CC(C)c1cc(C(=O)N2C[C@@H]3COC[C@H](C2)N(C)C3)no1.O=CO. The number of amides is 1. The Morgan fingerprint density at radius 2 is 2.08 bits per heavy atom. The van der Waals surface area contributed by atoms with Crippen LogP contribution in [0.15, 0.2) is 10.6 Å². The number of carbonyl (C=O) groups excluding carboxylic acids is 1. The van der Waals surface area contributed by atoms with Crippen LogP contribution < -0.4 is 0 Å². The topological polar surface area (TPSA) is 96.1 Å². The molecule has 3 rings (SSSR count). The van der Waals surface area contributed by atoms with E-state index >= 15 is 0 Å². The summed E-state index contributed by atoms with van der Waals surface area (Å²) in [5, 5.41) is 10.8. The summed E-state index contributed by atoms with van der Waals surface area (Å²) in [4.78, 5) is 25.2. The molecular weight excluding hydrogens is 314 g/mol. The third-order valence-corrected chi connectivity index (χ3v) is 4.35. The van der Waals surface area contributed by atoms with Crippen molar-refractivity contribution in [3.8, 4) is 0 Å². The van der Waals surface area contributed by atoms with Gasteiger partial charge in [0, 0.05) is 37.5 Å². The van der Waals surface area contributed by atoms with E-state index in [2.05, 4.69) is 17.1 Å². The lowest BCUT2D eigenvalue weighted by Crippen LogP contribution is -2.44. The van der Waals surface area contributed by atoms with Gasteiger partial charge >= 0.3 is 0 Å². The normalized spacial score (nSPS) is 24.1. The van der Waals surface area contributed by atoms with Crippen LogP contribution >= 0.6 is 0 Å². The van der Waals surface area contributed by atoms with Crippen LogP contribution in [0.25, 0.3) is 0 Å². The first-order chi connectivity index (χ1) is 11.5. The summed E-state index contributed by atoms with van der Waals surface area (Å²) < 4.78 is 10.9. The first-order valence-electron chi connectivity index (χ1n) is 8.08. The predicted molar refractivity (Wildman–Crippen MR) is 85.9 cm³/mol. The van der Waals surface area contributed by atoms with Gasteiger partial charge in [0.1, 0.15) is 5.76 Å². The van der Waals surface area contributed by atoms with Gasteiger partial charge in [-0.15, -0.1) is 0 Å². The van der Waals surface area contributed by atoms with E-state index in [1.807, 2.05) is 18.7 Å². The van der Waals surface area contributed by atoms with Crippen molar-refractivity contribution in [3.63, 3.8) is 0 Å². The largest absolute Gasteiger partial charge is 0.483 e. The summed E-state index contributed by atoms with van der Waals surface area (Å²) in [7, 11) is 2.10. The molecule has 0 aliphatic carbocycles. The molecule has 8 heteroatoms. The van der Waals surface area contributed by atoms with E-state index in [1.54, 1.807) is 6.07 Å². The van der Waals surface area contributed by atoms with E-state index in [-0.39, 0.29) is 24.3 Å². The van der Waals surface area contributed by atoms with E-state index in [1.165, 1.54) is 0 Å². The number of ether oxygens (including phenoxy) is 1. The molecule has 0 radical (unpaired) electrons. The van der Waals surface area contributed by atoms with E-state index in [0.717, 1.165) is 25.5 Å². The second kappa shape index (κ2) is 8.25. The van der Waals surface area contributed by atoms with Gasteiger partial charge in [0.05, 0.1) is 19.3 Å². The summed E-state index contributed by atoms with van der Waals surface area (Å²) in [6, 6.07) is 2.03. The highest BCUT2D eigenvalue weighted by Crippen LogP contribution is 2.21. The minimum absolute atomic E-state index is 0.0298. The summed E-state index contributed by atoms with van der Waals surface area (Å²) >= 11 is 0. The maximum atomic E-state index is 12.7. The number of hydrogen-bond acceptors (Lipinski definition) is 6. The Bertz CT molecular complexity index is 560. The maximum Gasteiger partial charge on any atom is 0.290 e. The van der Waals surface area contributed by atoms with Crippen LogP contribution in [0.4, 0.5) is 0 Å². The Kier molecular flexibility index (Phi) is 6.33. The van der Waals surface area contributed by atoms with Crippen LogP contribution in [0.1, 0.15) is 36.0 Å². The zero-order valence-corrected chi connectivity index (χ0v) is 14.3. The van der Waals surface area contributed by atoms with E-state index < -0.39 is 0 Å². The quantitative estimate of drug-likeness (QED) is 0.800. The molecule has 3 heterocycles. The first-order valence-corrected chi connectivity index (χ1v) is 8.08. The van der Waals surface area contributed by atoms with Crippen molar-refractivity contribution in [2.75, 3.05) is 39.9 Å². The van der Waals surface area contributed by atoms with Crippen molar-refractivity contribution in [1.29, 1.82) is 0 Å². The zero-order chi connectivity index (χ0) is 17.7. The Hall–Kier alpha value is -1.93. The number of nitrogens with zero attached hydrogens (tertiary/aromatic N) is 3. The summed E-state index contributed by atoms with van der Waals surface area (Å²) in [6.07, 6.45) is 0. The molecule has 134 valence electrons. The molecule has 2 bridgehead atoms. The molecule has 8 nitrogen and oxygen atoms in total. The number of fused-ring (bicyclic) bond motifs is 3. The van der Waals surface area contributed by atoms with Crippen molar-refractivity contribution in [2.24, 2.45) is 5.92 Å². The summed E-state index contributed by atoms with van der Waals surface area (Å²) in [5.41, 5.74) is 0.419. The van der Waals surface area contributed by atoms with Crippen LogP contribution in [0, 0.1) is 5.92 Å². The van der Waals surface area contributed by atoms with E-state index in [4.69, 9.17) is 19.2 Å². The fraction of sp³-hybridized carbons (Fsp3) is 0.688. The van der Waals surface area contributed by atoms with E-state index in [0.29, 0.717) is 24.8 Å². The van der Waals surface area contributed by atoms with Crippen molar-refractivity contribution < 1.29 is 24.0 Å². The molecule has 1 N–H and O–H groups in total. The van der Waals surface area contributed by atoms with Crippen molar-refractivity contribution in [2.45, 2.75) is 25.8 Å². The van der Waals surface area contributed by atoms with Crippen molar-refractivity contribution in [3.05, 3.63) is 17.5 Å². The average molecular weight is 339 g/mol. The fourth-order valence-electron chi connectivity index (χ4n) is 3.04. The van der Waals surface area contributed by atoms with E-state index in [9.17, 15) is 4.79 Å². The molecule has 1 aromatic heterocycles. The van der Waals surface area contributed by atoms with Gasteiger partial charge in [0.15, 0.2) is 5.69 Å². The first kappa shape index (κ1) is 18.4. The fourth-order valence-corrected chi connectivity index (χ4v) is 3.04. The molecule has 2 atom stereocenters. The number of aromatic nitrogens is 1. The number of hydrogen-bond donors (Lipinski definition) is 1. The monoisotopic (exact) mass is 339 g/mol. The molecule has 2 aliphatic rings. The average Bonchev–Trinajstić information content (AvgIpc) is 2.87. The van der Waals surface area contributed by atoms with Crippen LogP contribution in [0.3, 0.4) is 0 Å². The molecule has 0 unspecified atom stereocenters. The van der Waals surface area contributed by atoms with Gasteiger partial charge < -0.3 is 19.3 Å². The van der Waals surface area contributed by atoms with Gasteiger partial charge in [-0.3, -0.25) is 14.5 Å². The minimum Gasteiger partial charge on any atom is -0.483 e. The third-order valence-electron chi connectivity index (χ3n) is 4.35. The second-order valence-electron chi connectivity index (χ2n) is 6.58. The van der Waals surface area contributed by atoms with Crippen LogP contribution in [0.5, 0.6) is 0 Å². The number of carboxylic acid groups (broad SMARTS) is 1. The molecular formula is C16H25N3O5. The number of carbonyl (C=O) groups is 2. The highest BCUT2D eigenvalue weighted by atomic mass is 16.5. The molecule has 0 spiro atoms. The summed E-state index contributed by atoms with van der Waals surface area (Å²) in [6.45, 7) is 7.60. The molecule has 2 fully saturated rings. The second-order valence-corrected chi connectivity index (χ2v) is 6.58. The van der Waals surface area contributed by atoms with Gasteiger partial charge in [-0.05, 0) is 7.05 Å². The van der Waals surface area contributed by atoms with Gasteiger partial charge in [0.2, 0.25) is 0 Å². The zero-order valence-electron chi connectivity index (χ0n) is 14.3. The molecule has 24 heavy (non-hydrogen) atoms. The maximum absolute atomic E-state index is 12.7. The molecule has 0 aromatic carbocycles.